The van der Waals surface area contributed by atoms with E-state index in [1.165, 1.54) is 11.1 Å². The molecule has 1 unspecified atom stereocenters. The summed E-state index contributed by atoms with van der Waals surface area (Å²) in [5.41, 5.74) is 2.64. The lowest BCUT2D eigenvalue weighted by molar-refractivity contribution is -0.127. The third kappa shape index (κ3) is 4.10. The SMILES string of the molecule is O=C1NC(=O)C(CCc2ccccc2)(C2CCN(Cc3ccc4cccnc4c3)CC2)N1. The number of aromatic nitrogens is 1. The van der Waals surface area contributed by atoms with Gasteiger partial charge in [-0.15, -0.1) is 0 Å². The molecular weight excluding hydrogens is 400 g/mol. The van der Waals surface area contributed by atoms with Crippen molar-refractivity contribution in [3.05, 3.63) is 78.0 Å². The van der Waals surface area contributed by atoms with Gasteiger partial charge in [0.1, 0.15) is 5.54 Å². The number of benzene rings is 2. The van der Waals surface area contributed by atoms with Crippen LogP contribution in [0.2, 0.25) is 0 Å². The first kappa shape index (κ1) is 20.6. The fourth-order valence-corrected chi connectivity index (χ4v) is 5.21. The van der Waals surface area contributed by atoms with Gasteiger partial charge < -0.3 is 5.32 Å². The maximum atomic E-state index is 12.9. The van der Waals surface area contributed by atoms with E-state index in [-0.39, 0.29) is 17.9 Å². The number of likely N-dealkylation sites (tertiary alicyclic amines) is 1. The molecule has 3 amide bonds. The smallest absolute Gasteiger partial charge is 0.322 e. The Morgan fingerprint density at radius 2 is 1.78 bits per heavy atom. The predicted octanol–water partition coefficient (Wildman–Crippen LogP) is 3.66. The van der Waals surface area contributed by atoms with E-state index in [9.17, 15) is 9.59 Å². The number of hydrogen-bond acceptors (Lipinski definition) is 4. The highest BCUT2D eigenvalue weighted by Gasteiger charge is 2.51. The quantitative estimate of drug-likeness (QED) is 0.588. The summed E-state index contributed by atoms with van der Waals surface area (Å²) in [4.78, 5) is 31.9. The summed E-state index contributed by atoms with van der Waals surface area (Å²) in [6.45, 7) is 2.68. The molecule has 2 aromatic carbocycles. The number of carbonyl (C=O) groups is 2. The van der Waals surface area contributed by atoms with Crippen molar-refractivity contribution in [2.75, 3.05) is 13.1 Å². The van der Waals surface area contributed by atoms with Crippen LogP contribution in [-0.2, 0) is 17.8 Å². The number of urea groups is 1. The zero-order valence-corrected chi connectivity index (χ0v) is 18.1. The van der Waals surface area contributed by atoms with Crippen LogP contribution < -0.4 is 10.6 Å². The third-order valence-corrected chi connectivity index (χ3v) is 6.98. The van der Waals surface area contributed by atoms with Crippen molar-refractivity contribution in [2.45, 2.75) is 37.8 Å². The number of aryl methyl sites for hydroxylation is 1. The predicted molar refractivity (Wildman–Crippen MR) is 124 cm³/mol. The Balaban J connectivity index is 1.26. The van der Waals surface area contributed by atoms with Gasteiger partial charge in [-0.05, 0) is 68.0 Å². The van der Waals surface area contributed by atoms with Gasteiger partial charge in [0.25, 0.3) is 5.91 Å². The van der Waals surface area contributed by atoms with E-state index >= 15 is 0 Å². The van der Waals surface area contributed by atoms with Gasteiger partial charge >= 0.3 is 6.03 Å². The highest BCUT2D eigenvalue weighted by molar-refractivity contribution is 6.07. The lowest BCUT2D eigenvalue weighted by atomic mass is 9.74. The Kier molecular flexibility index (Phi) is 5.62. The molecule has 164 valence electrons. The second-order valence-electron chi connectivity index (χ2n) is 8.95. The van der Waals surface area contributed by atoms with Crippen molar-refractivity contribution in [1.29, 1.82) is 0 Å². The largest absolute Gasteiger partial charge is 0.323 e. The summed E-state index contributed by atoms with van der Waals surface area (Å²) < 4.78 is 0. The highest BCUT2D eigenvalue weighted by atomic mass is 16.2. The number of amides is 3. The average molecular weight is 429 g/mol. The van der Waals surface area contributed by atoms with E-state index in [1.807, 2.05) is 30.5 Å². The maximum absolute atomic E-state index is 12.9. The third-order valence-electron chi connectivity index (χ3n) is 6.98. The van der Waals surface area contributed by atoms with E-state index in [4.69, 9.17) is 0 Å². The molecule has 6 heteroatoms. The molecule has 3 heterocycles. The molecular formula is C26H28N4O2. The minimum absolute atomic E-state index is 0.132. The molecule has 2 aliphatic rings. The molecule has 0 bridgehead atoms. The summed E-state index contributed by atoms with van der Waals surface area (Å²) in [6.07, 6.45) is 4.98. The number of rotatable bonds is 6. The number of fused-ring (bicyclic) bond motifs is 1. The Bertz CT molecular complexity index is 1120. The Hall–Kier alpha value is -3.25. The second-order valence-corrected chi connectivity index (χ2v) is 8.95. The molecule has 2 aliphatic heterocycles. The van der Waals surface area contributed by atoms with Gasteiger partial charge in [-0.2, -0.15) is 0 Å². The monoisotopic (exact) mass is 428 g/mol. The van der Waals surface area contributed by atoms with E-state index in [0.717, 1.165) is 49.8 Å². The summed E-state index contributed by atoms with van der Waals surface area (Å²) in [6, 6.07) is 20.3. The van der Waals surface area contributed by atoms with Crippen molar-refractivity contribution in [3.63, 3.8) is 0 Å². The number of hydrogen-bond donors (Lipinski definition) is 2. The van der Waals surface area contributed by atoms with Gasteiger partial charge in [-0.1, -0.05) is 48.5 Å². The first-order valence-corrected chi connectivity index (χ1v) is 11.4. The number of imide groups is 1. The van der Waals surface area contributed by atoms with Crippen LogP contribution in [0.1, 0.15) is 30.4 Å². The number of nitrogens with zero attached hydrogens (tertiary/aromatic N) is 2. The van der Waals surface area contributed by atoms with Crippen molar-refractivity contribution >= 4 is 22.8 Å². The molecule has 0 spiro atoms. The lowest BCUT2D eigenvalue weighted by Crippen LogP contribution is -2.56. The zero-order valence-electron chi connectivity index (χ0n) is 18.1. The van der Waals surface area contributed by atoms with Crippen LogP contribution in [0.4, 0.5) is 4.79 Å². The van der Waals surface area contributed by atoms with Crippen LogP contribution in [-0.4, -0.2) is 40.5 Å². The molecule has 0 radical (unpaired) electrons. The van der Waals surface area contributed by atoms with Crippen molar-refractivity contribution in [3.8, 4) is 0 Å². The van der Waals surface area contributed by atoms with E-state index in [2.05, 4.69) is 56.9 Å². The fourth-order valence-electron chi connectivity index (χ4n) is 5.21. The first-order valence-electron chi connectivity index (χ1n) is 11.4. The minimum Gasteiger partial charge on any atom is -0.323 e. The molecule has 2 saturated heterocycles. The molecule has 6 nitrogen and oxygen atoms in total. The van der Waals surface area contributed by atoms with Gasteiger partial charge in [-0.3, -0.25) is 20.0 Å². The van der Waals surface area contributed by atoms with Gasteiger partial charge in [0.2, 0.25) is 0 Å². The topological polar surface area (TPSA) is 74.3 Å². The molecule has 1 atom stereocenters. The Morgan fingerprint density at radius 3 is 2.53 bits per heavy atom. The number of carbonyl (C=O) groups excluding carboxylic acids is 2. The van der Waals surface area contributed by atoms with Crippen LogP contribution in [0.5, 0.6) is 0 Å². The number of pyridine rings is 1. The highest BCUT2D eigenvalue weighted by Crippen LogP contribution is 2.35. The molecule has 32 heavy (non-hydrogen) atoms. The molecule has 2 fully saturated rings. The average Bonchev–Trinajstić information content (AvgIpc) is 3.12. The lowest BCUT2D eigenvalue weighted by Gasteiger charge is -2.40. The van der Waals surface area contributed by atoms with Gasteiger partial charge in [0.15, 0.2) is 0 Å². The Morgan fingerprint density at radius 1 is 0.969 bits per heavy atom. The molecule has 0 saturated carbocycles. The van der Waals surface area contributed by atoms with Crippen molar-refractivity contribution < 1.29 is 9.59 Å². The number of piperidine rings is 1. The normalized spacial score (nSPS) is 22.1. The molecule has 3 aromatic rings. The van der Waals surface area contributed by atoms with Crippen LogP contribution >= 0.6 is 0 Å². The van der Waals surface area contributed by atoms with Gasteiger partial charge in [-0.25, -0.2) is 4.79 Å². The van der Waals surface area contributed by atoms with Crippen LogP contribution in [0.15, 0.2) is 66.9 Å². The fraction of sp³-hybridized carbons (Fsp3) is 0.346. The second kappa shape index (κ2) is 8.71. The molecule has 1 aromatic heterocycles. The van der Waals surface area contributed by atoms with Crippen LogP contribution in [0, 0.1) is 5.92 Å². The number of nitrogens with one attached hydrogen (secondary N) is 2. The van der Waals surface area contributed by atoms with E-state index < -0.39 is 5.54 Å². The summed E-state index contributed by atoms with van der Waals surface area (Å²) in [5, 5.41) is 6.67. The standard InChI is InChI=1S/C26H28N4O2/c31-24-26(29-25(32)28-24,13-10-19-5-2-1-3-6-19)22-11-15-30(16-12-22)18-20-8-9-21-7-4-14-27-23(21)17-20/h1-9,14,17,22H,10-13,15-16,18H2,(H2,28,29,31,32). The van der Waals surface area contributed by atoms with Crippen molar-refractivity contribution in [2.24, 2.45) is 5.92 Å². The van der Waals surface area contributed by atoms with Crippen LogP contribution in [0.25, 0.3) is 10.9 Å². The van der Waals surface area contributed by atoms with Gasteiger partial charge in [0, 0.05) is 18.1 Å². The summed E-state index contributed by atoms with van der Waals surface area (Å²) in [7, 11) is 0. The molecule has 2 N–H and O–H groups in total. The van der Waals surface area contributed by atoms with Crippen molar-refractivity contribution in [1.82, 2.24) is 20.5 Å². The minimum atomic E-state index is -0.814. The van der Waals surface area contributed by atoms with E-state index in [1.54, 1.807) is 0 Å². The molecule has 5 rings (SSSR count). The maximum Gasteiger partial charge on any atom is 0.322 e. The summed E-state index contributed by atoms with van der Waals surface area (Å²) in [5.74, 6) is -0.0373. The van der Waals surface area contributed by atoms with E-state index in [0.29, 0.717) is 6.42 Å². The first-order chi connectivity index (χ1) is 15.6. The van der Waals surface area contributed by atoms with Gasteiger partial charge in [0.05, 0.1) is 5.52 Å². The molecule has 0 aliphatic carbocycles. The summed E-state index contributed by atoms with van der Waals surface area (Å²) >= 11 is 0. The zero-order chi connectivity index (χ0) is 22.0. The Labute approximate surface area is 188 Å². The van der Waals surface area contributed by atoms with Crippen LogP contribution in [0.3, 0.4) is 0 Å².